The quantitative estimate of drug-likeness (QED) is 0.311. The zero-order chi connectivity index (χ0) is 22.8. The Morgan fingerprint density at radius 2 is 1.55 bits per heavy atom. The molecule has 0 heterocycles. The van der Waals surface area contributed by atoms with Gasteiger partial charge < -0.3 is 9.94 Å². The van der Waals surface area contributed by atoms with Crippen molar-refractivity contribution in [2.24, 2.45) is 5.16 Å². The molecule has 166 valence electrons. The van der Waals surface area contributed by atoms with Crippen molar-refractivity contribution in [2.75, 3.05) is 6.61 Å². The highest BCUT2D eigenvalue weighted by Gasteiger charge is 2.37. The number of aryl methyl sites for hydroxylation is 1. The lowest BCUT2D eigenvalue weighted by molar-refractivity contribution is 0.0697. The molecule has 2 aromatic rings. The van der Waals surface area contributed by atoms with Crippen LogP contribution < -0.4 is 0 Å². The first kappa shape index (κ1) is 23.1. The number of hydrogen-bond acceptors (Lipinski definition) is 3. The van der Waals surface area contributed by atoms with Gasteiger partial charge in [0.15, 0.2) is 0 Å². The van der Waals surface area contributed by atoms with E-state index in [0.29, 0.717) is 6.61 Å². The fourth-order valence-electron chi connectivity index (χ4n) is 4.32. The molecule has 4 nitrogen and oxygen atoms in total. The van der Waals surface area contributed by atoms with Crippen LogP contribution in [0.3, 0.4) is 0 Å². The van der Waals surface area contributed by atoms with E-state index in [-0.39, 0.29) is 16.4 Å². The third kappa shape index (κ3) is 4.84. The Hall–Kier alpha value is -2.62. The van der Waals surface area contributed by atoms with Crippen LogP contribution in [0, 0.1) is 6.92 Å². The number of carboxylic acids is 1. The number of carboxylic acid groups (broad SMARTS) is 1. The summed E-state index contributed by atoms with van der Waals surface area (Å²) < 4.78 is 0. The molecule has 0 aromatic heterocycles. The lowest BCUT2D eigenvalue weighted by Gasteiger charge is -2.42. The zero-order valence-electron chi connectivity index (χ0n) is 19.7. The zero-order valence-corrected chi connectivity index (χ0v) is 19.7. The van der Waals surface area contributed by atoms with Crippen LogP contribution in [-0.4, -0.2) is 23.4 Å². The minimum absolute atomic E-state index is 0.0919. The summed E-state index contributed by atoms with van der Waals surface area (Å²) in [4.78, 5) is 17.0. The summed E-state index contributed by atoms with van der Waals surface area (Å²) in [5.74, 6) is -0.932. The second-order valence-corrected chi connectivity index (χ2v) is 9.99. The van der Waals surface area contributed by atoms with E-state index in [1.165, 1.54) is 17.5 Å². The molecule has 0 fully saturated rings. The number of unbranched alkanes of at least 4 members (excludes halogenated alkanes) is 1. The SMILES string of the molecule is CCCCO/N=C(/c1ccc(C(=O)O)cc1)c1cc2c(cc1C)C(C)(C)CCC2(C)C. The molecule has 0 saturated carbocycles. The van der Waals surface area contributed by atoms with Crippen molar-refractivity contribution >= 4 is 11.7 Å². The molecule has 3 rings (SSSR count). The number of oxime groups is 1. The molecular weight excluding hydrogens is 386 g/mol. The maximum absolute atomic E-state index is 11.3. The summed E-state index contributed by atoms with van der Waals surface area (Å²) in [6.45, 7) is 14.1. The van der Waals surface area contributed by atoms with Crippen LogP contribution >= 0.6 is 0 Å². The lowest BCUT2D eigenvalue weighted by Crippen LogP contribution is -2.34. The van der Waals surface area contributed by atoms with Gasteiger partial charge >= 0.3 is 5.97 Å². The summed E-state index contributed by atoms with van der Waals surface area (Å²) in [5.41, 5.74) is 7.10. The first-order valence-electron chi connectivity index (χ1n) is 11.3. The number of carbonyl (C=O) groups is 1. The summed E-state index contributed by atoms with van der Waals surface area (Å²) in [6, 6.07) is 11.5. The van der Waals surface area contributed by atoms with Gasteiger partial charge in [0, 0.05) is 11.1 Å². The summed E-state index contributed by atoms with van der Waals surface area (Å²) in [5, 5.41) is 13.8. The number of fused-ring (bicyclic) bond motifs is 1. The number of rotatable bonds is 7. The van der Waals surface area contributed by atoms with Crippen molar-refractivity contribution in [3.05, 3.63) is 69.8 Å². The molecule has 0 aliphatic heterocycles. The van der Waals surface area contributed by atoms with Crippen LogP contribution in [0.2, 0.25) is 0 Å². The molecule has 0 unspecified atom stereocenters. The van der Waals surface area contributed by atoms with E-state index in [9.17, 15) is 9.90 Å². The van der Waals surface area contributed by atoms with Gasteiger partial charge in [-0.05, 0) is 71.9 Å². The fourth-order valence-corrected chi connectivity index (χ4v) is 4.32. The minimum atomic E-state index is -0.932. The molecule has 2 aromatic carbocycles. The third-order valence-electron chi connectivity index (χ3n) is 6.60. The Kier molecular flexibility index (Phi) is 6.59. The third-order valence-corrected chi connectivity index (χ3v) is 6.60. The van der Waals surface area contributed by atoms with Gasteiger partial charge in [-0.25, -0.2) is 4.79 Å². The molecule has 4 heteroatoms. The van der Waals surface area contributed by atoms with Crippen LogP contribution in [0.4, 0.5) is 0 Å². The molecule has 0 amide bonds. The molecule has 31 heavy (non-hydrogen) atoms. The van der Waals surface area contributed by atoms with E-state index < -0.39 is 5.97 Å². The first-order chi connectivity index (χ1) is 14.6. The number of hydrogen-bond donors (Lipinski definition) is 1. The monoisotopic (exact) mass is 421 g/mol. The summed E-state index contributed by atoms with van der Waals surface area (Å²) in [7, 11) is 0. The predicted octanol–water partition coefficient (Wildman–Crippen LogP) is 6.61. The summed E-state index contributed by atoms with van der Waals surface area (Å²) in [6.07, 6.45) is 4.30. The van der Waals surface area contributed by atoms with Crippen molar-refractivity contribution in [1.82, 2.24) is 0 Å². The summed E-state index contributed by atoms with van der Waals surface area (Å²) >= 11 is 0. The Morgan fingerprint density at radius 3 is 2.10 bits per heavy atom. The fraction of sp³-hybridized carbons (Fsp3) is 0.481. The number of aromatic carboxylic acids is 1. The maximum atomic E-state index is 11.3. The lowest BCUT2D eigenvalue weighted by atomic mass is 9.62. The molecule has 0 saturated heterocycles. The standard InChI is InChI=1S/C27H35NO3/c1-7-8-15-31-28-24(19-9-11-20(12-10-19)25(29)30)21-17-23-22(16-18(21)2)26(3,4)13-14-27(23,5)6/h9-12,16-17H,7-8,13-15H2,1-6H3,(H,29,30)/b28-24-. The van der Waals surface area contributed by atoms with Gasteiger partial charge in [0.2, 0.25) is 0 Å². The van der Waals surface area contributed by atoms with E-state index in [2.05, 4.69) is 58.8 Å². The van der Waals surface area contributed by atoms with E-state index in [0.717, 1.165) is 41.7 Å². The van der Waals surface area contributed by atoms with Crippen molar-refractivity contribution in [3.63, 3.8) is 0 Å². The first-order valence-corrected chi connectivity index (χ1v) is 11.3. The van der Waals surface area contributed by atoms with E-state index in [4.69, 9.17) is 4.84 Å². The van der Waals surface area contributed by atoms with Gasteiger partial charge in [-0.1, -0.05) is 64.4 Å². The second-order valence-electron chi connectivity index (χ2n) is 9.99. The molecule has 0 radical (unpaired) electrons. The number of nitrogens with zero attached hydrogens (tertiary/aromatic N) is 1. The van der Waals surface area contributed by atoms with Gasteiger partial charge in [-0.2, -0.15) is 0 Å². The van der Waals surface area contributed by atoms with Crippen molar-refractivity contribution in [1.29, 1.82) is 0 Å². The minimum Gasteiger partial charge on any atom is -0.478 e. The van der Waals surface area contributed by atoms with Crippen molar-refractivity contribution < 1.29 is 14.7 Å². The largest absolute Gasteiger partial charge is 0.478 e. The van der Waals surface area contributed by atoms with Crippen molar-refractivity contribution in [3.8, 4) is 0 Å². The normalized spacial score (nSPS) is 17.2. The van der Waals surface area contributed by atoms with Gasteiger partial charge in [-0.3, -0.25) is 0 Å². The molecule has 1 aliphatic rings. The Bertz CT molecular complexity index is 984. The Balaban J connectivity index is 2.14. The van der Waals surface area contributed by atoms with Crippen LogP contribution in [0.15, 0.2) is 41.6 Å². The van der Waals surface area contributed by atoms with E-state index >= 15 is 0 Å². The molecular formula is C27H35NO3. The second kappa shape index (κ2) is 8.86. The molecule has 0 atom stereocenters. The Labute approximate surface area is 186 Å². The van der Waals surface area contributed by atoms with Gasteiger partial charge in [0.05, 0.1) is 5.56 Å². The van der Waals surface area contributed by atoms with Gasteiger partial charge in [0.1, 0.15) is 12.3 Å². The Morgan fingerprint density at radius 1 is 1.00 bits per heavy atom. The molecule has 0 spiro atoms. The van der Waals surface area contributed by atoms with Crippen molar-refractivity contribution in [2.45, 2.75) is 78.1 Å². The average Bonchev–Trinajstić information content (AvgIpc) is 2.72. The highest BCUT2D eigenvalue weighted by molar-refractivity contribution is 6.14. The van der Waals surface area contributed by atoms with Crippen LogP contribution in [0.1, 0.15) is 98.5 Å². The van der Waals surface area contributed by atoms with E-state index in [1.807, 2.05) is 12.1 Å². The highest BCUT2D eigenvalue weighted by Crippen LogP contribution is 2.46. The number of benzene rings is 2. The van der Waals surface area contributed by atoms with E-state index in [1.54, 1.807) is 12.1 Å². The topological polar surface area (TPSA) is 58.9 Å². The molecule has 0 bridgehead atoms. The highest BCUT2D eigenvalue weighted by atomic mass is 16.6. The van der Waals surface area contributed by atoms with Crippen LogP contribution in [0.5, 0.6) is 0 Å². The molecule has 1 N–H and O–H groups in total. The molecule has 1 aliphatic carbocycles. The van der Waals surface area contributed by atoms with Crippen LogP contribution in [-0.2, 0) is 15.7 Å². The average molecular weight is 422 g/mol. The van der Waals surface area contributed by atoms with Gasteiger partial charge in [-0.15, -0.1) is 0 Å². The van der Waals surface area contributed by atoms with Gasteiger partial charge in [0.25, 0.3) is 0 Å². The maximum Gasteiger partial charge on any atom is 0.335 e. The smallest absolute Gasteiger partial charge is 0.335 e. The predicted molar refractivity (Wildman–Crippen MR) is 126 cm³/mol. The van der Waals surface area contributed by atoms with Crippen LogP contribution in [0.25, 0.3) is 0 Å².